The summed E-state index contributed by atoms with van der Waals surface area (Å²) in [5, 5.41) is 3.86. The monoisotopic (exact) mass is 255 g/mol. The molecule has 1 aliphatic rings. The molecule has 94 valence electrons. The standard InChI is InChI=1S/C14H19ClFN/c1-10(2)14(7-4-8-17-14)9-11-5-3-6-12(16)13(11)15/h3,5-6,10,17H,4,7-9H2,1-2H3. The van der Waals surface area contributed by atoms with Crippen LogP contribution in [0.25, 0.3) is 0 Å². The van der Waals surface area contributed by atoms with Gasteiger partial charge in [-0.05, 0) is 43.4 Å². The zero-order chi connectivity index (χ0) is 12.5. The van der Waals surface area contributed by atoms with Crippen LogP contribution < -0.4 is 5.32 Å². The molecule has 0 saturated carbocycles. The van der Waals surface area contributed by atoms with E-state index >= 15 is 0 Å². The van der Waals surface area contributed by atoms with Crippen LogP contribution in [0.3, 0.4) is 0 Å². The van der Waals surface area contributed by atoms with Gasteiger partial charge in [-0.2, -0.15) is 0 Å². The van der Waals surface area contributed by atoms with Crippen molar-refractivity contribution in [2.45, 2.75) is 38.6 Å². The van der Waals surface area contributed by atoms with Gasteiger partial charge in [0.1, 0.15) is 5.82 Å². The lowest BCUT2D eigenvalue weighted by molar-refractivity contribution is 0.269. The van der Waals surface area contributed by atoms with Crippen molar-refractivity contribution in [2.24, 2.45) is 5.92 Å². The predicted octanol–water partition coefficient (Wildman–Crippen LogP) is 3.80. The molecule has 0 aromatic heterocycles. The molecule has 1 heterocycles. The lowest BCUT2D eigenvalue weighted by Crippen LogP contribution is -2.46. The average Bonchev–Trinajstić information content (AvgIpc) is 2.75. The maximum atomic E-state index is 13.4. The van der Waals surface area contributed by atoms with Gasteiger partial charge in [0.2, 0.25) is 0 Å². The Morgan fingerprint density at radius 1 is 1.47 bits per heavy atom. The summed E-state index contributed by atoms with van der Waals surface area (Å²) >= 11 is 6.04. The molecule has 17 heavy (non-hydrogen) atoms. The van der Waals surface area contributed by atoms with Crippen molar-refractivity contribution >= 4 is 11.6 Å². The van der Waals surface area contributed by atoms with E-state index in [2.05, 4.69) is 19.2 Å². The van der Waals surface area contributed by atoms with E-state index in [1.807, 2.05) is 6.07 Å². The van der Waals surface area contributed by atoms with E-state index in [1.54, 1.807) is 6.07 Å². The minimum atomic E-state index is -0.318. The van der Waals surface area contributed by atoms with E-state index in [0.29, 0.717) is 5.92 Å². The normalized spacial score (nSPS) is 24.5. The Hall–Kier alpha value is -0.600. The second-order valence-corrected chi connectivity index (χ2v) is 5.61. The van der Waals surface area contributed by atoms with Gasteiger partial charge < -0.3 is 5.32 Å². The summed E-state index contributed by atoms with van der Waals surface area (Å²) < 4.78 is 13.4. The minimum Gasteiger partial charge on any atom is -0.311 e. The van der Waals surface area contributed by atoms with Crippen LogP contribution in [0, 0.1) is 11.7 Å². The van der Waals surface area contributed by atoms with E-state index in [1.165, 1.54) is 12.5 Å². The quantitative estimate of drug-likeness (QED) is 0.866. The summed E-state index contributed by atoms with van der Waals surface area (Å²) in [5.41, 5.74) is 0.993. The van der Waals surface area contributed by atoms with Gasteiger partial charge in [-0.15, -0.1) is 0 Å². The predicted molar refractivity (Wildman–Crippen MR) is 69.9 cm³/mol. The van der Waals surface area contributed by atoms with Crippen LogP contribution in [-0.2, 0) is 6.42 Å². The maximum Gasteiger partial charge on any atom is 0.142 e. The Labute approximate surface area is 107 Å². The van der Waals surface area contributed by atoms with Gasteiger partial charge in [0.15, 0.2) is 0 Å². The summed E-state index contributed by atoms with van der Waals surface area (Å²) in [6, 6.07) is 5.07. The Balaban J connectivity index is 2.27. The fourth-order valence-corrected chi connectivity index (χ4v) is 2.90. The Bertz CT molecular complexity index is 397. The highest BCUT2D eigenvalue weighted by Crippen LogP contribution is 2.33. The van der Waals surface area contributed by atoms with Gasteiger partial charge in [-0.1, -0.05) is 37.6 Å². The zero-order valence-electron chi connectivity index (χ0n) is 10.4. The third-order valence-electron chi connectivity index (χ3n) is 3.92. The van der Waals surface area contributed by atoms with Gasteiger partial charge in [0.05, 0.1) is 5.02 Å². The molecule has 1 aromatic carbocycles. The largest absolute Gasteiger partial charge is 0.311 e. The third-order valence-corrected chi connectivity index (χ3v) is 4.34. The topological polar surface area (TPSA) is 12.0 Å². The smallest absolute Gasteiger partial charge is 0.142 e. The number of rotatable bonds is 3. The molecule has 1 N–H and O–H groups in total. The number of hydrogen-bond donors (Lipinski definition) is 1. The molecule has 1 atom stereocenters. The summed E-state index contributed by atoms with van der Waals surface area (Å²) in [5.74, 6) is 0.199. The first-order valence-electron chi connectivity index (χ1n) is 6.23. The second-order valence-electron chi connectivity index (χ2n) is 5.23. The first-order chi connectivity index (χ1) is 8.05. The van der Waals surface area contributed by atoms with Crippen molar-refractivity contribution in [3.63, 3.8) is 0 Å². The average molecular weight is 256 g/mol. The molecule has 1 aliphatic heterocycles. The van der Waals surface area contributed by atoms with Gasteiger partial charge >= 0.3 is 0 Å². The van der Waals surface area contributed by atoms with Crippen molar-refractivity contribution in [3.05, 3.63) is 34.6 Å². The van der Waals surface area contributed by atoms with Crippen molar-refractivity contribution < 1.29 is 4.39 Å². The molecule has 1 unspecified atom stereocenters. The highest BCUT2D eigenvalue weighted by Gasteiger charge is 2.37. The van der Waals surface area contributed by atoms with Crippen molar-refractivity contribution in [2.75, 3.05) is 6.54 Å². The molecule has 0 bridgehead atoms. The van der Waals surface area contributed by atoms with Crippen molar-refractivity contribution in [1.29, 1.82) is 0 Å². The summed E-state index contributed by atoms with van der Waals surface area (Å²) in [4.78, 5) is 0. The van der Waals surface area contributed by atoms with Crippen LogP contribution in [0.1, 0.15) is 32.3 Å². The SMILES string of the molecule is CC(C)C1(Cc2cccc(F)c2Cl)CCCN1. The van der Waals surface area contributed by atoms with E-state index in [4.69, 9.17) is 11.6 Å². The number of halogens is 2. The Morgan fingerprint density at radius 3 is 2.82 bits per heavy atom. The first-order valence-corrected chi connectivity index (χ1v) is 6.61. The minimum absolute atomic E-state index is 0.0808. The lowest BCUT2D eigenvalue weighted by atomic mass is 9.80. The molecule has 3 heteroatoms. The molecule has 1 nitrogen and oxygen atoms in total. The molecule has 2 rings (SSSR count). The van der Waals surface area contributed by atoms with Crippen LogP contribution in [-0.4, -0.2) is 12.1 Å². The fraction of sp³-hybridized carbons (Fsp3) is 0.571. The van der Waals surface area contributed by atoms with E-state index < -0.39 is 0 Å². The van der Waals surface area contributed by atoms with Crippen molar-refractivity contribution in [1.82, 2.24) is 5.32 Å². The van der Waals surface area contributed by atoms with Gasteiger partial charge in [0, 0.05) is 5.54 Å². The number of hydrogen-bond acceptors (Lipinski definition) is 1. The highest BCUT2D eigenvalue weighted by molar-refractivity contribution is 6.31. The molecule has 0 spiro atoms. The molecule has 0 aliphatic carbocycles. The van der Waals surface area contributed by atoms with Crippen LogP contribution in [0.4, 0.5) is 4.39 Å². The van der Waals surface area contributed by atoms with Crippen LogP contribution >= 0.6 is 11.6 Å². The molecule has 1 fully saturated rings. The van der Waals surface area contributed by atoms with E-state index in [9.17, 15) is 4.39 Å². The Morgan fingerprint density at radius 2 is 2.24 bits per heavy atom. The lowest BCUT2D eigenvalue weighted by Gasteiger charge is -2.34. The summed E-state index contributed by atoms with van der Waals surface area (Å²) in [6.07, 6.45) is 3.13. The maximum absolute atomic E-state index is 13.4. The van der Waals surface area contributed by atoms with E-state index in [-0.39, 0.29) is 16.4 Å². The zero-order valence-corrected chi connectivity index (χ0v) is 11.1. The first kappa shape index (κ1) is 12.8. The van der Waals surface area contributed by atoms with Gasteiger partial charge in [-0.25, -0.2) is 4.39 Å². The molecule has 0 radical (unpaired) electrons. The molecular weight excluding hydrogens is 237 g/mol. The van der Waals surface area contributed by atoms with Crippen LogP contribution in [0.5, 0.6) is 0 Å². The number of nitrogens with one attached hydrogen (secondary N) is 1. The molecular formula is C14H19ClFN. The Kier molecular flexibility index (Phi) is 3.74. The van der Waals surface area contributed by atoms with E-state index in [0.717, 1.165) is 24.9 Å². The van der Waals surface area contributed by atoms with Gasteiger partial charge in [0.25, 0.3) is 0 Å². The fourth-order valence-electron chi connectivity index (χ4n) is 2.70. The summed E-state index contributed by atoms with van der Waals surface area (Å²) in [6.45, 7) is 5.47. The van der Waals surface area contributed by atoms with Gasteiger partial charge in [-0.3, -0.25) is 0 Å². The molecule has 1 saturated heterocycles. The third kappa shape index (κ3) is 2.48. The molecule has 1 aromatic rings. The summed E-state index contributed by atoms with van der Waals surface area (Å²) in [7, 11) is 0. The molecule has 0 amide bonds. The van der Waals surface area contributed by atoms with Crippen molar-refractivity contribution in [3.8, 4) is 0 Å². The van der Waals surface area contributed by atoms with Crippen LogP contribution in [0.2, 0.25) is 5.02 Å². The van der Waals surface area contributed by atoms with Crippen LogP contribution in [0.15, 0.2) is 18.2 Å². The number of benzene rings is 1. The highest BCUT2D eigenvalue weighted by atomic mass is 35.5. The second kappa shape index (κ2) is 4.95.